The van der Waals surface area contributed by atoms with E-state index in [2.05, 4.69) is 10.0 Å². The molecule has 0 aliphatic heterocycles. The quantitative estimate of drug-likeness (QED) is 0.657. The number of benzene rings is 2. The Labute approximate surface area is 172 Å². The number of carbonyl (C=O) groups is 1. The van der Waals surface area contributed by atoms with Gasteiger partial charge in [0.25, 0.3) is 10.0 Å². The summed E-state index contributed by atoms with van der Waals surface area (Å²) in [7, 11) is -7.56. The standard InChI is InChI=1S/C19H25N3O5S2/c1-5-22(6-2)29(26,27)18-11-9-16(10-12-18)21-28(24,25)19-13-17(20-15(4)23)8-7-14(19)3/h7-13,21H,5-6H2,1-4H3,(H,20,23). The third kappa shape index (κ3) is 5.34. The van der Waals surface area contributed by atoms with Crippen molar-refractivity contribution in [2.24, 2.45) is 0 Å². The second-order valence-corrected chi connectivity index (χ2v) is 9.97. The topological polar surface area (TPSA) is 113 Å². The van der Waals surface area contributed by atoms with Crippen molar-refractivity contribution in [3.63, 3.8) is 0 Å². The number of anilines is 2. The van der Waals surface area contributed by atoms with Gasteiger partial charge in [-0.15, -0.1) is 0 Å². The first-order chi connectivity index (χ1) is 13.5. The van der Waals surface area contributed by atoms with Crippen LogP contribution in [0.1, 0.15) is 26.3 Å². The predicted octanol–water partition coefficient (Wildman–Crippen LogP) is 2.78. The maximum atomic E-state index is 12.8. The Bertz CT molecular complexity index is 1090. The Morgan fingerprint density at radius 2 is 1.48 bits per heavy atom. The van der Waals surface area contributed by atoms with Crippen LogP contribution in [0.15, 0.2) is 52.3 Å². The Balaban J connectivity index is 2.31. The molecule has 0 saturated carbocycles. The Kier molecular flexibility index (Phi) is 7.04. The summed E-state index contributed by atoms with van der Waals surface area (Å²) in [6.45, 7) is 7.17. The highest BCUT2D eigenvalue weighted by Gasteiger charge is 2.22. The molecule has 2 aromatic rings. The molecule has 0 aliphatic rings. The zero-order valence-corrected chi connectivity index (χ0v) is 18.4. The van der Waals surface area contributed by atoms with E-state index in [1.807, 2.05) is 0 Å². The van der Waals surface area contributed by atoms with Gasteiger partial charge in [-0.25, -0.2) is 16.8 Å². The maximum absolute atomic E-state index is 12.8. The smallest absolute Gasteiger partial charge is 0.262 e. The SMILES string of the molecule is CCN(CC)S(=O)(=O)c1ccc(NS(=O)(=O)c2cc(NC(C)=O)ccc2C)cc1. The molecule has 0 saturated heterocycles. The fourth-order valence-corrected chi connectivity index (χ4v) is 5.58. The first-order valence-electron chi connectivity index (χ1n) is 9.02. The molecule has 0 bridgehead atoms. The van der Waals surface area contributed by atoms with Gasteiger partial charge in [-0.05, 0) is 48.9 Å². The molecule has 0 aliphatic carbocycles. The number of aryl methyl sites for hydroxylation is 1. The highest BCUT2D eigenvalue weighted by Crippen LogP contribution is 2.24. The molecule has 0 spiro atoms. The van der Waals surface area contributed by atoms with Crippen molar-refractivity contribution in [1.29, 1.82) is 0 Å². The molecular formula is C19H25N3O5S2. The molecule has 0 heterocycles. The van der Waals surface area contributed by atoms with Gasteiger partial charge in [0.05, 0.1) is 9.79 Å². The van der Waals surface area contributed by atoms with Crippen molar-refractivity contribution >= 4 is 37.3 Å². The van der Waals surface area contributed by atoms with Crippen LogP contribution in [0, 0.1) is 6.92 Å². The molecule has 10 heteroatoms. The van der Waals surface area contributed by atoms with Gasteiger partial charge in [-0.2, -0.15) is 4.31 Å². The number of nitrogens with one attached hydrogen (secondary N) is 2. The zero-order chi connectivity index (χ0) is 21.8. The number of carbonyl (C=O) groups excluding carboxylic acids is 1. The lowest BCUT2D eigenvalue weighted by molar-refractivity contribution is -0.114. The first kappa shape index (κ1) is 22.9. The molecule has 1 amide bonds. The number of sulfonamides is 2. The molecule has 29 heavy (non-hydrogen) atoms. The molecule has 0 unspecified atom stereocenters. The van der Waals surface area contributed by atoms with Crippen LogP contribution in [-0.2, 0) is 24.8 Å². The van der Waals surface area contributed by atoms with E-state index in [9.17, 15) is 21.6 Å². The van der Waals surface area contributed by atoms with E-state index in [-0.39, 0.29) is 21.4 Å². The summed E-state index contributed by atoms with van der Waals surface area (Å²) in [5.74, 6) is -0.310. The van der Waals surface area contributed by atoms with Gasteiger partial charge < -0.3 is 5.32 Å². The fraction of sp³-hybridized carbons (Fsp3) is 0.316. The number of nitrogens with zero attached hydrogens (tertiary/aromatic N) is 1. The zero-order valence-electron chi connectivity index (χ0n) is 16.8. The third-order valence-corrected chi connectivity index (χ3v) is 7.84. The van der Waals surface area contributed by atoms with E-state index in [0.717, 1.165) is 0 Å². The van der Waals surface area contributed by atoms with E-state index in [1.165, 1.54) is 41.6 Å². The van der Waals surface area contributed by atoms with Crippen molar-refractivity contribution in [2.45, 2.75) is 37.5 Å². The van der Waals surface area contributed by atoms with E-state index < -0.39 is 20.0 Å². The molecule has 0 aromatic heterocycles. The van der Waals surface area contributed by atoms with Crippen molar-refractivity contribution in [1.82, 2.24) is 4.31 Å². The number of hydrogen-bond acceptors (Lipinski definition) is 5. The van der Waals surface area contributed by atoms with E-state index >= 15 is 0 Å². The summed E-state index contributed by atoms with van der Waals surface area (Å²) in [5, 5.41) is 2.55. The van der Waals surface area contributed by atoms with Crippen molar-refractivity contribution in [2.75, 3.05) is 23.1 Å². The fourth-order valence-electron chi connectivity index (χ4n) is 2.79. The number of rotatable bonds is 8. The number of amides is 1. The van der Waals surface area contributed by atoms with E-state index in [4.69, 9.17) is 0 Å². The first-order valence-corrected chi connectivity index (χ1v) is 11.9. The molecule has 8 nitrogen and oxygen atoms in total. The van der Waals surface area contributed by atoms with Crippen LogP contribution in [0.5, 0.6) is 0 Å². The molecule has 158 valence electrons. The van der Waals surface area contributed by atoms with Gasteiger partial charge in [0.15, 0.2) is 0 Å². The van der Waals surface area contributed by atoms with E-state index in [1.54, 1.807) is 32.9 Å². The van der Waals surface area contributed by atoms with Crippen LogP contribution in [-0.4, -0.2) is 40.1 Å². The molecule has 0 atom stereocenters. The highest BCUT2D eigenvalue weighted by atomic mass is 32.2. The summed E-state index contributed by atoms with van der Waals surface area (Å²) in [6, 6.07) is 10.1. The van der Waals surface area contributed by atoms with Crippen LogP contribution in [0.2, 0.25) is 0 Å². The van der Waals surface area contributed by atoms with Crippen LogP contribution < -0.4 is 10.0 Å². The second kappa shape index (κ2) is 8.93. The minimum Gasteiger partial charge on any atom is -0.326 e. The molecule has 0 fully saturated rings. The van der Waals surface area contributed by atoms with Crippen LogP contribution in [0.3, 0.4) is 0 Å². The summed E-state index contributed by atoms with van der Waals surface area (Å²) in [6.07, 6.45) is 0. The Morgan fingerprint density at radius 3 is 2.00 bits per heavy atom. The monoisotopic (exact) mass is 439 g/mol. The van der Waals surface area contributed by atoms with E-state index in [0.29, 0.717) is 24.3 Å². The van der Waals surface area contributed by atoms with Crippen molar-refractivity contribution < 1.29 is 21.6 Å². The summed E-state index contributed by atoms with van der Waals surface area (Å²) in [5.41, 5.74) is 1.10. The average molecular weight is 440 g/mol. The minimum atomic E-state index is -3.94. The minimum absolute atomic E-state index is 0.0172. The Morgan fingerprint density at radius 1 is 0.931 bits per heavy atom. The Hall–Kier alpha value is -2.43. The lowest BCUT2D eigenvalue weighted by Gasteiger charge is -2.18. The molecule has 2 aromatic carbocycles. The van der Waals surface area contributed by atoms with Gasteiger partial charge in [0, 0.05) is 31.4 Å². The van der Waals surface area contributed by atoms with Crippen LogP contribution in [0.4, 0.5) is 11.4 Å². The second-order valence-electron chi connectivity index (χ2n) is 6.38. The summed E-state index contributed by atoms with van der Waals surface area (Å²) in [4.78, 5) is 11.3. The molecule has 2 N–H and O–H groups in total. The lowest BCUT2D eigenvalue weighted by Crippen LogP contribution is -2.30. The van der Waals surface area contributed by atoms with Crippen molar-refractivity contribution in [3.8, 4) is 0 Å². The van der Waals surface area contributed by atoms with Crippen molar-refractivity contribution in [3.05, 3.63) is 48.0 Å². The highest BCUT2D eigenvalue weighted by molar-refractivity contribution is 7.92. The number of hydrogen-bond donors (Lipinski definition) is 2. The lowest BCUT2D eigenvalue weighted by atomic mass is 10.2. The molecular weight excluding hydrogens is 414 g/mol. The largest absolute Gasteiger partial charge is 0.326 e. The normalized spacial score (nSPS) is 12.0. The van der Waals surface area contributed by atoms with Gasteiger partial charge >= 0.3 is 0 Å². The molecule has 0 radical (unpaired) electrons. The average Bonchev–Trinajstić information content (AvgIpc) is 2.63. The van der Waals surface area contributed by atoms with Gasteiger partial charge in [-0.3, -0.25) is 9.52 Å². The maximum Gasteiger partial charge on any atom is 0.262 e. The summed E-state index contributed by atoms with van der Waals surface area (Å²) < 4.78 is 54.4. The predicted molar refractivity (Wildman–Crippen MR) is 113 cm³/mol. The summed E-state index contributed by atoms with van der Waals surface area (Å²) >= 11 is 0. The van der Waals surface area contributed by atoms with Crippen LogP contribution in [0.25, 0.3) is 0 Å². The third-order valence-electron chi connectivity index (χ3n) is 4.25. The van der Waals surface area contributed by atoms with Gasteiger partial charge in [0.2, 0.25) is 15.9 Å². The molecule has 2 rings (SSSR count). The van der Waals surface area contributed by atoms with Gasteiger partial charge in [-0.1, -0.05) is 19.9 Å². The van der Waals surface area contributed by atoms with Crippen LogP contribution >= 0.6 is 0 Å². The van der Waals surface area contributed by atoms with Gasteiger partial charge in [0.1, 0.15) is 0 Å².